The fourth-order valence-corrected chi connectivity index (χ4v) is 2.31. The minimum absolute atomic E-state index is 0.493. The van der Waals surface area contributed by atoms with Crippen molar-refractivity contribution in [3.8, 4) is 0 Å². The Morgan fingerprint density at radius 3 is 2.86 bits per heavy atom. The van der Waals surface area contributed by atoms with E-state index in [2.05, 4.69) is 57.5 Å². The van der Waals surface area contributed by atoms with Crippen LogP contribution < -0.4 is 5.32 Å². The van der Waals surface area contributed by atoms with Crippen molar-refractivity contribution in [1.82, 2.24) is 20.2 Å². The zero-order valence-electron chi connectivity index (χ0n) is 12.3. The minimum Gasteiger partial charge on any atom is -0.369 e. The van der Waals surface area contributed by atoms with Crippen molar-refractivity contribution in [3.05, 3.63) is 48.0 Å². The second-order valence-corrected chi connectivity index (χ2v) is 5.41. The summed E-state index contributed by atoms with van der Waals surface area (Å²) in [4.78, 5) is 8.71. The summed E-state index contributed by atoms with van der Waals surface area (Å²) in [7, 11) is 0. The topological polar surface area (TPSA) is 66.5 Å². The highest BCUT2D eigenvalue weighted by molar-refractivity contribution is 5.89. The molecule has 0 amide bonds. The van der Waals surface area contributed by atoms with Crippen molar-refractivity contribution in [1.29, 1.82) is 0 Å². The third kappa shape index (κ3) is 3.02. The third-order valence-corrected chi connectivity index (χ3v) is 3.57. The molecule has 5 nitrogen and oxygen atoms in total. The van der Waals surface area contributed by atoms with Crippen molar-refractivity contribution in [2.45, 2.75) is 26.2 Å². The van der Waals surface area contributed by atoms with Gasteiger partial charge in [-0.15, -0.1) is 0 Å². The number of fused-ring (bicyclic) bond motifs is 1. The maximum atomic E-state index is 4.38. The van der Waals surface area contributed by atoms with E-state index in [1.165, 1.54) is 5.56 Å². The van der Waals surface area contributed by atoms with Gasteiger partial charge in [-0.2, -0.15) is 5.10 Å². The SMILES string of the molecule is CC(C)c1ccc2ncnc(NCCc3ccn[nH]3)c2c1. The monoisotopic (exact) mass is 281 g/mol. The molecular weight excluding hydrogens is 262 g/mol. The molecule has 0 spiro atoms. The van der Waals surface area contributed by atoms with E-state index in [1.54, 1.807) is 12.5 Å². The lowest BCUT2D eigenvalue weighted by Gasteiger charge is -2.10. The number of H-pyrrole nitrogens is 1. The van der Waals surface area contributed by atoms with Crippen LogP contribution in [0.15, 0.2) is 36.8 Å². The molecule has 108 valence electrons. The molecule has 2 heterocycles. The average molecular weight is 281 g/mol. The second-order valence-electron chi connectivity index (χ2n) is 5.41. The molecule has 5 heteroatoms. The number of anilines is 1. The van der Waals surface area contributed by atoms with E-state index in [9.17, 15) is 0 Å². The van der Waals surface area contributed by atoms with Crippen LogP contribution in [0.4, 0.5) is 5.82 Å². The van der Waals surface area contributed by atoms with Gasteiger partial charge in [0.05, 0.1) is 5.52 Å². The molecule has 0 aliphatic carbocycles. The summed E-state index contributed by atoms with van der Waals surface area (Å²) in [5, 5.41) is 11.4. The Kier molecular flexibility index (Phi) is 3.81. The van der Waals surface area contributed by atoms with Gasteiger partial charge in [0.15, 0.2) is 0 Å². The molecule has 0 saturated heterocycles. The fraction of sp³-hybridized carbons (Fsp3) is 0.312. The number of nitrogens with one attached hydrogen (secondary N) is 2. The zero-order chi connectivity index (χ0) is 14.7. The number of hydrogen-bond acceptors (Lipinski definition) is 4. The second kappa shape index (κ2) is 5.91. The molecule has 3 rings (SSSR count). The van der Waals surface area contributed by atoms with Crippen molar-refractivity contribution >= 4 is 16.7 Å². The largest absolute Gasteiger partial charge is 0.369 e. The van der Waals surface area contributed by atoms with Crippen molar-refractivity contribution in [2.75, 3.05) is 11.9 Å². The molecule has 0 atom stereocenters. The average Bonchev–Trinajstić information content (AvgIpc) is 3.00. The number of hydrogen-bond donors (Lipinski definition) is 2. The van der Waals surface area contributed by atoms with Gasteiger partial charge in [-0.1, -0.05) is 19.9 Å². The van der Waals surface area contributed by atoms with Crippen LogP contribution in [0.2, 0.25) is 0 Å². The Labute approximate surface area is 123 Å². The van der Waals surface area contributed by atoms with Crippen LogP contribution in [-0.4, -0.2) is 26.7 Å². The normalized spacial score (nSPS) is 11.2. The molecule has 0 bridgehead atoms. The smallest absolute Gasteiger partial charge is 0.137 e. The highest BCUT2D eigenvalue weighted by Gasteiger charge is 2.06. The molecule has 21 heavy (non-hydrogen) atoms. The lowest BCUT2D eigenvalue weighted by molar-refractivity contribution is 0.868. The van der Waals surface area contributed by atoms with E-state index in [4.69, 9.17) is 0 Å². The lowest BCUT2D eigenvalue weighted by Crippen LogP contribution is -2.07. The van der Waals surface area contributed by atoms with Gasteiger partial charge >= 0.3 is 0 Å². The van der Waals surface area contributed by atoms with Crippen LogP contribution in [0.1, 0.15) is 31.0 Å². The Morgan fingerprint density at radius 1 is 1.19 bits per heavy atom. The summed E-state index contributed by atoms with van der Waals surface area (Å²) >= 11 is 0. The van der Waals surface area contributed by atoms with Crippen LogP contribution in [0.25, 0.3) is 10.9 Å². The molecule has 0 saturated carbocycles. The summed E-state index contributed by atoms with van der Waals surface area (Å²) in [6.45, 7) is 5.19. The van der Waals surface area contributed by atoms with Crippen LogP contribution >= 0.6 is 0 Å². The van der Waals surface area contributed by atoms with Crippen LogP contribution in [0, 0.1) is 0 Å². The first-order chi connectivity index (χ1) is 10.2. The molecule has 1 aromatic carbocycles. The highest BCUT2D eigenvalue weighted by Crippen LogP contribution is 2.24. The van der Waals surface area contributed by atoms with Crippen molar-refractivity contribution in [3.63, 3.8) is 0 Å². The molecule has 0 aliphatic heterocycles. The van der Waals surface area contributed by atoms with Gasteiger partial charge < -0.3 is 5.32 Å². The zero-order valence-corrected chi connectivity index (χ0v) is 12.3. The molecule has 2 aromatic heterocycles. The molecule has 0 fully saturated rings. The number of rotatable bonds is 5. The van der Waals surface area contributed by atoms with Crippen LogP contribution in [0.5, 0.6) is 0 Å². The summed E-state index contributed by atoms with van der Waals surface area (Å²) in [5.41, 5.74) is 3.39. The Bertz CT molecular complexity index is 719. The van der Waals surface area contributed by atoms with E-state index in [1.807, 2.05) is 6.07 Å². The number of aromatic nitrogens is 4. The van der Waals surface area contributed by atoms with Crippen molar-refractivity contribution < 1.29 is 0 Å². The van der Waals surface area contributed by atoms with E-state index in [0.717, 1.165) is 35.4 Å². The van der Waals surface area contributed by atoms with E-state index in [0.29, 0.717) is 5.92 Å². The standard InChI is InChI=1S/C16H19N5/c1-11(2)12-3-4-15-14(9-12)16(19-10-18-15)17-7-5-13-6-8-20-21-13/h3-4,6,8-11H,5,7H2,1-2H3,(H,20,21)(H,17,18,19). The van der Waals surface area contributed by atoms with Gasteiger partial charge in [-0.3, -0.25) is 5.10 Å². The quantitative estimate of drug-likeness (QED) is 0.754. The first-order valence-corrected chi connectivity index (χ1v) is 7.21. The van der Waals surface area contributed by atoms with Gasteiger partial charge in [0.1, 0.15) is 12.1 Å². The predicted molar refractivity (Wildman–Crippen MR) is 84.4 cm³/mol. The molecule has 2 N–H and O–H groups in total. The number of nitrogens with zero attached hydrogens (tertiary/aromatic N) is 3. The summed E-state index contributed by atoms with van der Waals surface area (Å²) in [6.07, 6.45) is 4.26. The Balaban J connectivity index is 1.81. The lowest BCUT2D eigenvalue weighted by atomic mass is 10.0. The Hall–Kier alpha value is -2.43. The fourth-order valence-electron chi connectivity index (χ4n) is 2.31. The third-order valence-electron chi connectivity index (χ3n) is 3.57. The number of aromatic amines is 1. The molecule has 3 aromatic rings. The summed E-state index contributed by atoms with van der Waals surface area (Å²) in [5.74, 6) is 1.38. The minimum atomic E-state index is 0.493. The number of benzene rings is 1. The van der Waals surface area contributed by atoms with Gasteiger partial charge in [0.25, 0.3) is 0 Å². The van der Waals surface area contributed by atoms with E-state index in [-0.39, 0.29) is 0 Å². The van der Waals surface area contributed by atoms with Crippen LogP contribution in [-0.2, 0) is 6.42 Å². The molecule has 0 radical (unpaired) electrons. The van der Waals surface area contributed by atoms with Gasteiger partial charge in [0, 0.05) is 30.2 Å². The van der Waals surface area contributed by atoms with Gasteiger partial charge in [-0.25, -0.2) is 9.97 Å². The predicted octanol–water partition coefficient (Wildman–Crippen LogP) is 3.13. The van der Waals surface area contributed by atoms with E-state index < -0.39 is 0 Å². The van der Waals surface area contributed by atoms with Gasteiger partial charge in [0.2, 0.25) is 0 Å². The summed E-state index contributed by atoms with van der Waals surface area (Å²) in [6, 6.07) is 8.36. The van der Waals surface area contributed by atoms with Crippen molar-refractivity contribution in [2.24, 2.45) is 0 Å². The van der Waals surface area contributed by atoms with Crippen LogP contribution in [0.3, 0.4) is 0 Å². The first-order valence-electron chi connectivity index (χ1n) is 7.21. The molecule has 0 unspecified atom stereocenters. The maximum Gasteiger partial charge on any atom is 0.137 e. The van der Waals surface area contributed by atoms with Gasteiger partial charge in [-0.05, 0) is 29.7 Å². The first kappa shape index (κ1) is 13.5. The summed E-state index contributed by atoms with van der Waals surface area (Å²) < 4.78 is 0. The highest BCUT2D eigenvalue weighted by atomic mass is 15.1. The maximum absolute atomic E-state index is 4.38. The molecule has 0 aliphatic rings. The Morgan fingerprint density at radius 2 is 2.10 bits per heavy atom. The van der Waals surface area contributed by atoms with E-state index >= 15 is 0 Å². The molecular formula is C16H19N5.